The van der Waals surface area contributed by atoms with Gasteiger partial charge in [-0.3, -0.25) is 4.79 Å². The lowest BCUT2D eigenvalue weighted by atomic mass is 10.1. The van der Waals surface area contributed by atoms with Crippen LogP contribution in [-0.2, 0) is 60.6 Å². The second-order valence-corrected chi connectivity index (χ2v) is 15.2. The van der Waals surface area contributed by atoms with Gasteiger partial charge in [-0.1, -0.05) is 88.5 Å². The molecule has 2 heterocycles. The summed E-state index contributed by atoms with van der Waals surface area (Å²) in [4.78, 5) is 27.6. The topological polar surface area (TPSA) is 228 Å². The first-order valence-electron chi connectivity index (χ1n) is 23.5. The zero-order valence-corrected chi connectivity index (χ0v) is 38.4. The first-order chi connectivity index (χ1) is 31.7. The molecule has 0 aliphatic heterocycles. The summed E-state index contributed by atoms with van der Waals surface area (Å²) in [6, 6.07) is 7.78. The predicted octanol–water partition coefficient (Wildman–Crippen LogP) is 5.31. The average molecular weight is 906 g/mol. The zero-order valence-electron chi connectivity index (χ0n) is 38.4. The Bertz CT molecular complexity index is 1520. The Morgan fingerprint density at radius 1 is 0.516 bits per heavy atom. The number of nitrogens with two attached hydrogens (primary N) is 2. The molecule has 0 aliphatic rings. The van der Waals surface area contributed by atoms with Crippen LogP contribution >= 0.6 is 0 Å². The molecule has 0 fully saturated rings. The van der Waals surface area contributed by atoms with Crippen LogP contribution in [0.1, 0.15) is 94.6 Å². The van der Waals surface area contributed by atoms with Gasteiger partial charge in [0.05, 0.1) is 112 Å². The van der Waals surface area contributed by atoms with Crippen molar-refractivity contribution in [1.82, 2.24) is 25.3 Å². The summed E-state index contributed by atoms with van der Waals surface area (Å²) < 4.78 is 55.5. The maximum absolute atomic E-state index is 12.2. The molecule has 1 aromatic carbocycles. The lowest BCUT2D eigenvalue weighted by molar-refractivity contribution is -0.122. The summed E-state index contributed by atoms with van der Waals surface area (Å²) in [6.07, 6.45) is 17.0. The fraction of sp³-hybridized carbons (Fsp3) is 0.739. The largest absolute Gasteiger partial charge is 0.471 e. The van der Waals surface area contributed by atoms with Crippen molar-refractivity contribution in [2.75, 3.05) is 131 Å². The number of H-pyrrole nitrogens is 1. The number of carbonyl (C=O) groups is 1. The summed E-state index contributed by atoms with van der Waals surface area (Å²) in [5.41, 5.74) is 14.1. The van der Waals surface area contributed by atoms with Crippen LogP contribution in [0.5, 0.6) is 5.88 Å². The molecule has 64 heavy (non-hydrogen) atoms. The van der Waals surface area contributed by atoms with Crippen LogP contribution in [-0.4, -0.2) is 151 Å². The van der Waals surface area contributed by atoms with Gasteiger partial charge >= 0.3 is 0 Å². The molecule has 18 heteroatoms. The normalized spacial score (nSPS) is 11.5. The highest BCUT2D eigenvalue weighted by Crippen LogP contribution is 2.21. The molecular formula is C46H79N7O11. The predicted molar refractivity (Wildman–Crippen MR) is 245 cm³/mol. The number of nitrogen functional groups attached to an aromatic ring is 1. The fourth-order valence-corrected chi connectivity index (χ4v) is 6.29. The second kappa shape index (κ2) is 39.8. The Balaban J connectivity index is 0.934. The molecule has 364 valence electrons. The molecule has 0 bridgehead atoms. The number of fused-ring (bicyclic) bond motifs is 1. The number of amides is 1. The van der Waals surface area contributed by atoms with Crippen LogP contribution in [0.2, 0.25) is 0 Å². The van der Waals surface area contributed by atoms with Gasteiger partial charge in [0.2, 0.25) is 17.7 Å². The third-order valence-corrected chi connectivity index (χ3v) is 9.82. The van der Waals surface area contributed by atoms with Crippen molar-refractivity contribution < 1.29 is 52.2 Å². The van der Waals surface area contributed by atoms with Crippen LogP contribution in [0.15, 0.2) is 30.6 Å². The van der Waals surface area contributed by atoms with E-state index in [0.29, 0.717) is 142 Å². The van der Waals surface area contributed by atoms with Crippen molar-refractivity contribution in [2.24, 2.45) is 5.73 Å². The van der Waals surface area contributed by atoms with Gasteiger partial charge in [0.25, 0.3) is 0 Å². The average Bonchev–Trinajstić information content (AvgIpc) is 3.78. The van der Waals surface area contributed by atoms with Crippen molar-refractivity contribution in [2.45, 2.75) is 96.6 Å². The van der Waals surface area contributed by atoms with E-state index in [4.69, 9.17) is 58.8 Å². The van der Waals surface area contributed by atoms with Crippen LogP contribution in [0.4, 0.5) is 5.95 Å². The summed E-state index contributed by atoms with van der Waals surface area (Å²) in [7, 11) is 0. The minimum absolute atomic E-state index is 0.0664. The van der Waals surface area contributed by atoms with Gasteiger partial charge in [-0.25, -0.2) is 4.98 Å². The van der Waals surface area contributed by atoms with E-state index in [-0.39, 0.29) is 18.3 Å². The molecular weight excluding hydrogens is 827 g/mol. The Labute approximate surface area is 380 Å². The van der Waals surface area contributed by atoms with Gasteiger partial charge in [-0.15, -0.1) is 0 Å². The molecule has 0 atom stereocenters. The van der Waals surface area contributed by atoms with Gasteiger partial charge in [-0.2, -0.15) is 9.97 Å². The van der Waals surface area contributed by atoms with Crippen LogP contribution in [0, 0.1) is 0 Å². The summed E-state index contributed by atoms with van der Waals surface area (Å²) in [6.45, 7) is 11.4. The Hall–Kier alpha value is -3.56. The molecule has 0 unspecified atom stereocenters. The number of nitrogens with zero attached hydrogens (tertiary/aromatic N) is 3. The number of aromatic amines is 1. The smallest absolute Gasteiger partial charge is 0.247 e. The Kier molecular flexibility index (Phi) is 34.0. The van der Waals surface area contributed by atoms with E-state index in [1.165, 1.54) is 70.5 Å². The SMILES string of the molecule is NCCOCCOCCOCCOCCOCCOCCCCCCCCCCCCCCOCCOCCOCCC(=O)NCc1ccc(COc2nc(N)nc3[nH]cnc23)cc1. The van der Waals surface area contributed by atoms with Gasteiger partial charge < -0.3 is 69.1 Å². The third-order valence-electron chi connectivity index (χ3n) is 9.82. The van der Waals surface area contributed by atoms with E-state index in [1.807, 2.05) is 24.3 Å². The van der Waals surface area contributed by atoms with E-state index in [1.54, 1.807) is 0 Å². The molecule has 2 aromatic heterocycles. The lowest BCUT2D eigenvalue weighted by Gasteiger charge is -2.09. The lowest BCUT2D eigenvalue weighted by Crippen LogP contribution is -2.24. The van der Waals surface area contributed by atoms with E-state index in [0.717, 1.165) is 37.2 Å². The van der Waals surface area contributed by atoms with Gasteiger partial charge in [-0.05, 0) is 24.0 Å². The molecule has 0 spiro atoms. The molecule has 0 saturated heterocycles. The van der Waals surface area contributed by atoms with Crippen molar-refractivity contribution in [1.29, 1.82) is 0 Å². The van der Waals surface area contributed by atoms with Gasteiger partial charge in [0.15, 0.2) is 11.2 Å². The number of hydrogen-bond donors (Lipinski definition) is 4. The quantitative estimate of drug-likeness (QED) is 0.0527. The number of benzene rings is 1. The van der Waals surface area contributed by atoms with Crippen LogP contribution < -0.4 is 21.5 Å². The second-order valence-electron chi connectivity index (χ2n) is 15.2. The molecule has 0 radical (unpaired) electrons. The number of ether oxygens (including phenoxy) is 10. The van der Waals surface area contributed by atoms with Crippen molar-refractivity contribution in [3.63, 3.8) is 0 Å². The number of rotatable bonds is 46. The highest BCUT2D eigenvalue weighted by molar-refractivity contribution is 5.76. The summed E-state index contributed by atoms with van der Waals surface area (Å²) in [5, 5.41) is 2.93. The van der Waals surface area contributed by atoms with E-state index in [9.17, 15) is 4.79 Å². The Morgan fingerprint density at radius 3 is 1.39 bits per heavy atom. The van der Waals surface area contributed by atoms with E-state index >= 15 is 0 Å². The van der Waals surface area contributed by atoms with Crippen molar-refractivity contribution >= 4 is 23.0 Å². The molecule has 1 amide bonds. The van der Waals surface area contributed by atoms with Gasteiger partial charge in [0, 0.05) is 32.7 Å². The third kappa shape index (κ3) is 29.8. The molecule has 0 saturated carbocycles. The van der Waals surface area contributed by atoms with Crippen LogP contribution in [0.25, 0.3) is 11.2 Å². The number of carbonyl (C=O) groups excluding carboxylic acids is 1. The summed E-state index contributed by atoms with van der Waals surface area (Å²) in [5.74, 6) is 0.372. The number of nitrogens with one attached hydrogen (secondary N) is 2. The zero-order chi connectivity index (χ0) is 45.2. The maximum atomic E-state index is 12.2. The van der Waals surface area contributed by atoms with Crippen molar-refractivity contribution in [3.8, 4) is 5.88 Å². The number of imidazole rings is 1. The minimum Gasteiger partial charge on any atom is -0.471 e. The van der Waals surface area contributed by atoms with E-state index in [2.05, 4.69) is 25.3 Å². The molecule has 3 aromatic rings. The highest BCUT2D eigenvalue weighted by Gasteiger charge is 2.10. The standard InChI is InChI=1S/C46H79N7O11/c47-18-22-58-26-30-61-32-34-63-36-35-62-33-31-60-28-24-56-20-12-10-8-6-4-2-1-3-5-7-9-11-19-55-23-27-59-29-25-57-21-17-42(54)49-37-40-13-15-41(16-14-40)38-64-45-43-44(51-39-50-43)52-46(48)53-45/h13-16,39H,1-12,17-38,47H2,(H,49,54)(H3,48,50,51,52,53). The summed E-state index contributed by atoms with van der Waals surface area (Å²) >= 11 is 0. The molecule has 0 aliphatic carbocycles. The van der Waals surface area contributed by atoms with Crippen LogP contribution in [0.3, 0.4) is 0 Å². The number of hydrogen-bond acceptors (Lipinski definition) is 16. The molecule has 3 rings (SSSR count). The first-order valence-corrected chi connectivity index (χ1v) is 23.5. The Morgan fingerprint density at radius 2 is 0.922 bits per heavy atom. The number of aromatic nitrogens is 4. The fourth-order valence-electron chi connectivity index (χ4n) is 6.29. The van der Waals surface area contributed by atoms with Gasteiger partial charge in [0.1, 0.15) is 6.61 Å². The molecule has 6 N–H and O–H groups in total. The maximum Gasteiger partial charge on any atom is 0.247 e. The number of anilines is 1. The first kappa shape index (κ1) is 54.8. The number of unbranched alkanes of at least 4 members (excludes halogenated alkanes) is 11. The molecule has 18 nitrogen and oxygen atoms in total. The minimum atomic E-state index is -0.0664. The highest BCUT2D eigenvalue weighted by atomic mass is 16.6. The van der Waals surface area contributed by atoms with Crippen molar-refractivity contribution in [3.05, 3.63) is 41.7 Å². The monoisotopic (exact) mass is 906 g/mol. The van der Waals surface area contributed by atoms with E-state index < -0.39 is 0 Å².